The molecule has 0 unspecified atom stereocenters. The summed E-state index contributed by atoms with van der Waals surface area (Å²) in [5.41, 5.74) is -2.43. The Labute approximate surface area is 137 Å². The van der Waals surface area contributed by atoms with E-state index in [1.165, 1.54) is 12.1 Å². The molecule has 0 radical (unpaired) electrons. The molecular weight excluding hydrogens is 321 g/mol. The molecule has 1 aromatic carbocycles. The van der Waals surface area contributed by atoms with E-state index >= 15 is 0 Å². The topological polar surface area (TPSA) is 88.7 Å². The standard InChI is InChI=1S/C16H15F3N4O/c1-15(9-21,11-3-4-11)23-14(24)8-22-12-5-2-10(7-20)13(6-12)16(17,18)19/h2,5-6,11,22H,3-4,8H2,1H3,(H,23,24)/t15-/m1/s1. The summed E-state index contributed by atoms with van der Waals surface area (Å²) in [6.07, 6.45) is -2.93. The van der Waals surface area contributed by atoms with Crippen molar-refractivity contribution < 1.29 is 18.0 Å². The average molecular weight is 336 g/mol. The number of carbonyl (C=O) groups is 1. The number of rotatable bonds is 5. The van der Waals surface area contributed by atoms with Crippen molar-refractivity contribution in [3.05, 3.63) is 29.3 Å². The van der Waals surface area contributed by atoms with E-state index in [0.717, 1.165) is 25.0 Å². The lowest BCUT2D eigenvalue weighted by Crippen LogP contribution is -2.48. The number of carbonyl (C=O) groups excluding carboxylic acids is 1. The Balaban J connectivity index is 2.03. The first kappa shape index (κ1) is 17.6. The summed E-state index contributed by atoms with van der Waals surface area (Å²) in [5.74, 6) is -0.373. The van der Waals surface area contributed by atoms with Crippen molar-refractivity contribution in [2.24, 2.45) is 5.92 Å². The Morgan fingerprint density at radius 1 is 1.33 bits per heavy atom. The SMILES string of the molecule is C[C@](C#N)(NC(=O)CNc1ccc(C#N)c(C(F)(F)F)c1)C1CC1. The van der Waals surface area contributed by atoms with E-state index in [0.29, 0.717) is 0 Å². The molecule has 0 aliphatic heterocycles. The molecule has 0 aromatic heterocycles. The molecule has 0 spiro atoms. The largest absolute Gasteiger partial charge is 0.417 e. The van der Waals surface area contributed by atoms with Crippen LogP contribution in [0.4, 0.5) is 18.9 Å². The minimum atomic E-state index is -4.66. The third kappa shape index (κ3) is 3.96. The summed E-state index contributed by atoms with van der Waals surface area (Å²) in [7, 11) is 0. The van der Waals surface area contributed by atoms with Gasteiger partial charge in [0.05, 0.1) is 29.8 Å². The molecule has 0 saturated heterocycles. The van der Waals surface area contributed by atoms with Crippen LogP contribution < -0.4 is 10.6 Å². The first-order chi connectivity index (χ1) is 11.2. The number of anilines is 1. The van der Waals surface area contributed by atoms with Crippen LogP contribution >= 0.6 is 0 Å². The van der Waals surface area contributed by atoms with Crippen LogP contribution in [0.5, 0.6) is 0 Å². The van der Waals surface area contributed by atoms with E-state index < -0.39 is 28.7 Å². The highest BCUT2D eigenvalue weighted by molar-refractivity contribution is 5.82. The van der Waals surface area contributed by atoms with Crippen molar-refractivity contribution in [3.63, 3.8) is 0 Å². The molecule has 1 aliphatic carbocycles. The van der Waals surface area contributed by atoms with Crippen molar-refractivity contribution in [3.8, 4) is 12.1 Å². The van der Waals surface area contributed by atoms with Gasteiger partial charge in [-0.05, 0) is 43.9 Å². The Bertz CT molecular complexity index is 728. The number of benzene rings is 1. The number of nitrogens with zero attached hydrogens (tertiary/aromatic N) is 2. The zero-order valence-electron chi connectivity index (χ0n) is 12.9. The van der Waals surface area contributed by atoms with Gasteiger partial charge in [-0.15, -0.1) is 0 Å². The Morgan fingerprint density at radius 3 is 2.50 bits per heavy atom. The van der Waals surface area contributed by atoms with Gasteiger partial charge in [0.15, 0.2) is 0 Å². The van der Waals surface area contributed by atoms with Gasteiger partial charge >= 0.3 is 6.18 Å². The van der Waals surface area contributed by atoms with Crippen LogP contribution in [0.25, 0.3) is 0 Å². The number of alkyl halides is 3. The van der Waals surface area contributed by atoms with Crippen molar-refractivity contribution in [2.75, 3.05) is 11.9 Å². The molecular formula is C16H15F3N4O. The molecule has 0 heterocycles. The third-order valence-electron chi connectivity index (χ3n) is 3.92. The summed E-state index contributed by atoms with van der Waals surface area (Å²) in [4.78, 5) is 11.9. The van der Waals surface area contributed by atoms with Crippen LogP contribution in [-0.4, -0.2) is 18.0 Å². The van der Waals surface area contributed by atoms with Crippen LogP contribution in [0, 0.1) is 28.6 Å². The second-order valence-corrected chi connectivity index (χ2v) is 5.86. The predicted molar refractivity (Wildman–Crippen MR) is 79.5 cm³/mol. The lowest BCUT2D eigenvalue weighted by Gasteiger charge is -2.23. The van der Waals surface area contributed by atoms with Gasteiger partial charge in [-0.1, -0.05) is 0 Å². The Kier molecular flexibility index (Phi) is 4.70. The Hall–Kier alpha value is -2.74. The lowest BCUT2D eigenvalue weighted by atomic mass is 9.98. The number of nitriles is 2. The van der Waals surface area contributed by atoms with Crippen LogP contribution in [-0.2, 0) is 11.0 Å². The van der Waals surface area contributed by atoms with Gasteiger partial charge in [-0.2, -0.15) is 23.7 Å². The molecule has 1 saturated carbocycles. The third-order valence-corrected chi connectivity index (χ3v) is 3.92. The fourth-order valence-electron chi connectivity index (χ4n) is 2.38. The van der Waals surface area contributed by atoms with E-state index in [9.17, 15) is 23.2 Å². The second-order valence-electron chi connectivity index (χ2n) is 5.86. The summed E-state index contributed by atoms with van der Waals surface area (Å²) in [5, 5.41) is 23.1. The quantitative estimate of drug-likeness (QED) is 0.865. The summed E-state index contributed by atoms with van der Waals surface area (Å²) >= 11 is 0. The van der Waals surface area contributed by atoms with Crippen LogP contribution in [0.15, 0.2) is 18.2 Å². The fraction of sp³-hybridized carbons (Fsp3) is 0.438. The minimum Gasteiger partial charge on any atom is -0.376 e. The van der Waals surface area contributed by atoms with Crippen molar-refractivity contribution in [1.82, 2.24) is 5.32 Å². The maximum atomic E-state index is 12.9. The monoisotopic (exact) mass is 336 g/mol. The van der Waals surface area contributed by atoms with Crippen LogP contribution in [0.2, 0.25) is 0 Å². The number of halogens is 3. The molecule has 1 amide bonds. The maximum absolute atomic E-state index is 12.9. The molecule has 5 nitrogen and oxygen atoms in total. The van der Waals surface area contributed by atoms with Crippen molar-refractivity contribution >= 4 is 11.6 Å². The molecule has 126 valence electrons. The number of hydrogen-bond acceptors (Lipinski definition) is 4. The van der Waals surface area contributed by atoms with Crippen LogP contribution in [0.1, 0.15) is 30.9 Å². The van der Waals surface area contributed by atoms with Gasteiger partial charge in [-0.25, -0.2) is 0 Å². The number of hydrogen-bond donors (Lipinski definition) is 2. The Morgan fingerprint density at radius 2 is 2.00 bits per heavy atom. The zero-order valence-corrected chi connectivity index (χ0v) is 12.9. The van der Waals surface area contributed by atoms with Gasteiger partial charge in [0.2, 0.25) is 5.91 Å². The minimum absolute atomic E-state index is 0.0709. The molecule has 24 heavy (non-hydrogen) atoms. The summed E-state index contributed by atoms with van der Waals surface area (Å²) in [6, 6.07) is 6.69. The average Bonchev–Trinajstić information content (AvgIpc) is 3.37. The fourth-order valence-corrected chi connectivity index (χ4v) is 2.38. The molecule has 2 N–H and O–H groups in total. The molecule has 0 bridgehead atoms. The lowest BCUT2D eigenvalue weighted by molar-refractivity contribution is -0.137. The van der Waals surface area contributed by atoms with Gasteiger partial charge in [-0.3, -0.25) is 4.79 Å². The van der Waals surface area contributed by atoms with E-state index in [2.05, 4.69) is 16.7 Å². The molecule has 1 aliphatic rings. The van der Waals surface area contributed by atoms with E-state index in [1.807, 2.05) is 0 Å². The van der Waals surface area contributed by atoms with Crippen molar-refractivity contribution in [2.45, 2.75) is 31.5 Å². The van der Waals surface area contributed by atoms with Gasteiger partial charge in [0.1, 0.15) is 5.54 Å². The summed E-state index contributed by atoms with van der Waals surface area (Å²) < 4.78 is 38.7. The highest BCUT2D eigenvalue weighted by atomic mass is 19.4. The first-order valence-electron chi connectivity index (χ1n) is 7.27. The molecule has 1 fully saturated rings. The van der Waals surface area contributed by atoms with Gasteiger partial charge in [0, 0.05) is 5.69 Å². The van der Waals surface area contributed by atoms with Crippen LogP contribution in [0.3, 0.4) is 0 Å². The smallest absolute Gasteiger partial charge is 0.376 e. The van der Waals surface area contributed by atoms with E-state index in [4.69, 9.17) is 5.26 Å². The zero-order chi connectivity index (χ0) is 18.0. The van der Waals surface area contributed by atoms with Gasteiger partial charge in [0.25, 0.3) is 0 Å². The van der Waals surface area contributed by atoms with E-state index in [1.54, 1.807) is 6.92 Å². The first-order valence-corrected chi connectivity index (χ1v) is 7.27. The second kappa shape index (κ2) is 6.40. The highest BCUT2D eigenvalue weighted by Crippen LogP contribution is 2.39. The molecule has 8 heteroatoms. The molecule has 1 atom stereocenters. The summed E-state index contributed by atoms with van der Waals surface area (Å²) in [6.45, 7) is 1.36. The predicted octanol–water partition coefficient (Wildman–Crippen LogP) is 2.80. The van der Waals surface area contributed by atoms with Crippen molar-refractivity contribution in [1.29, 1.82) is 10.5 Å². The number of nitrogens with one attached hydrogen (secondary N) is 2. The maximum Gasteiger partial charge on any atom is 0.417 e. The molecule has 2 rings (SSSR count). The van der Waals surface area contributed by atoms with Gasteiger partial charge < -0.3 is 10.6 Å². The van der Waals surface area contributed by atoms with E-state index in [-0.39, 0.29) is 18.2 Å². The normalized spacial score (nSPS) is 16.4. The highest BCUT2D eigenvalue weighted by Gasteiger charge is 2.43. The molecule has 1 aromatic rings. The number of amides is 1.